The van der Waals surface area contributed by atoms with Crippen molar-refractivity contribution in [1.82, 2.24) is 29.6 Å². The molecule has 369 valence electrons. The maximum absolute atomic E-state index is 13.3. The molecule has 70 heavy (non-hydrogen) atoms. The van der Waals surface area contributed by atoms with Crippen molar-refractivity contribution in [3.63, 3.8) is 0 Å². The molecular formula is C53H62BCl2N6O8. The van der Waals surface area contributed by atoms with Gasteiger partial charge in [0.15, 0.2) is 11.6 Å². The first-order valence-corrected chi connectivity index (χ1v) is 24.6. The standard InChI is InChI=1S/C27H32ClN3O4.C26H30ClN3O4.B/c1-17-12-19(4-5-23(17)28)16-30-10-8-22(9-11-30)31-24(6-7-26(31)33)25(32)15-21-14-20(27(34)35-3)13-18(2)29-21;1-16-11-18(3-4-22(16)27)15-29-9-7-21(8-10-29)30-23(5-6-25(30)32)24(31)14-20-13-19(26(33)34)12-17(2)28-20;/h4-5,12-14,22,24H,6-11,15-16H2,1-3H3;3-4,11-13,21,23H,5-10,14-15H2,1-2H3,(H,33,34);/t24-;23-;/m11./s1. The number of pyridine rings is 2. The van der Waals surface area contributed by atoms with E-state index < -0.39 is 24.0 Å². The number of halogens is 2. The molecule has 0 bridgehead atoms. The van der Waals surface area contributed by atoms with Crippen LogP contribution in [-0.4, -0.2) is 136 Å². The third kappa shape index (κ3) is 13.5. The van der Waals surface area contributed by atoms with Gasteiger partial charge in [0.25, 0.3) is 0 Å². The van der Waals surface area contributed by atoms with E-state index in [-0.39, 0.29) is 62.3 Å². The number of amides is 2. The van der Waals surface area contributed by atoms with Crippen LogP contribution in [0.15, 0.2) is 60.7 Å². The molecular weight excluding hydrogens is 930 g/mol. The van der Waals surface area contributed by atoms with E-state index in [1.54, 1.807) is 30.9 Å². The van der Waals surface area contributed by atoms with Crippen LogP contribution >= 0.6 is 23.2 Å². The number of hydrogen-bond acceptors (Lipinski definition) is 11. The molecule has 14 nitrogen and oxygen atoms in total. The normalized spacial score (nSPS) is 19.1. The number of ketones is 2. The van der Waals surface area contributed by atoms with Gasteiger partial charge in [-0.1, -0.05) is 47.5 Å². The van der Waals surface area contributed by atoms with E-state index >= 15 is 0 Å². The maximum atomic E-state index is 13.3. The molecule has 2 atom stereocenters. The van der Waals surface area contributed by atoms with Gasteiger partial charge in [-0.25, -0.2) is 9.59 Å². The number of esters is 1. The zero-order valence-corrected chi connectivity index (χ0v) is 42.2. The monoisotopic (exact) mass is 991 g/mol. The Labute approximate surface area is 422 Å². The van der Waals surface area contributed by atoms with Crippen LogP contribution in [0.5, 0.6) is 0 Å². The van der Waals surface area contributed by atoms with Crippen LogP contribution in [0.3, 0.4) is 0 Å². The van der Waals surface area contributed by atoms with Crippen molar-refractivity contribution >= 4 is 66.9 Å². The van der Waals surface area contributed by atoms with E-state index in [1.165, 1.54) is 30.4 Å². The third-order valence-electron chi connectivity index (χ3n) is 13.8. The van der Waals surface area contributed by atoms with Crippen molar-refractivity contribution in [2.45, 2.75) is 129 Å². The smallest absolute Gasteiger partial charge is 0.337 e. The number of carboxylic acid groups (broad SMARTS) is 1. The zero-order chi connectivity index (χ0) is 49.5. The summed E-state index contributed by atoms with van der Waals surface area (Å²) in [7, 11) is 1.33. The second kappa shape index (κ2) is 24.1. The molecule has 2 amide bonds. The first-order chi connectivity index (χ1) is 33.0. The molecule has 4 fully saturated rings. The van der Waals surface area contributed by atoms with Crippen molar-refractivity contribution in [2.24, 2.45) is 0 Å². The number of nitrogens with zero attached hydrogens (tertiary/aromatic N) is 6. The van der Waals surface area contributed by atoms with Crippen molar-refractivity contribution in [2.75, 3.05) is 33.3 Å². The van der Waals surface area contributed by atoms with Gasteiger partial charge in [0.2, 0.25) is 11.8 Å². The van der Waals surface area contributed by atoms with Crippen molar-refractivity contribution < 1.29 is 38.6 Å². The molecule has 6 heterocycles. The fraction of sp³-hybridized carbons (Fsp3) is 0.472. The highest BCUT2D eigenvalue weighted by Crippen LogP contribution is 2.31. The Bertz CT molecular complexity index is 2600. The molecule has 0 spiro atoms. The lowest BCUT2D eigenvalue weighted by molar-refractivity contribution is -0.137. The first kappa shape index (κ1) is 53.9. The average Bonchev–Trinajstić information content (AvgIpc) is 3.91. The molecule has 4 aliphatic heterocycles. The SMILES string of the molecule is COC(=O)c1cc(C)nc(CC(=O)[C@H]2CCC(=O)N2C2CCN(Cc3ccc(Cl)c(C)c3)CC2)c1.Cc1cc(C(=O)O)cc(CC(=O)[C@H]2CCC(=O)N2C2CCN(Cc3ccc(Cl)c(C)c3)CC2)n1.[B]. The van der Waals surface area contributed by atoms with Crippen LogP contribution in [0.2, 0.25) is 10.0 Å². The van der Waals surface area contributed by atoms with Gasteiger partial charge in [-0.3, -0.25) is 38.9 Å². The molecule has 2 aromatic carbocycles. The highest BCUT2D eigenvalue weighted by Gasteiger charge is 2.42. The lowest BCUT2D eigenvalue weighted by Crippen LogP contribution is -2.50. The van der Waals surface area contributed by atoms with Gasteiger partial charge in [0, 0.05) is 105 Å². The van der Waals surface area contributed by atoms with Crippen LogP contribution in [-0.2, 0) is 49.8 Å². The zero-order valence-electron chi connectivity index (χ0n) is 40.7. The largest absolute Gasteiger partial charge is 0.478 e. The molecule has 0 aliphatic carbocycles. The predicted molar refractivity (Wildman–Crippen MR) is 268 cm³/mol. The van der Waals surface area contributed by atoms with Crippen LogP contribution in [0.25, 0.3) is 0 Å². The molecule has 0 unspecified atom stereocenters. The number of aromatic nitrogens is 2. The number of carbonyl (C=O) groups is 6. The Kier molecular flexibility index (Phi) is 18.5. The summed E-state index contributed by atoms with van der Waals surface area (Å²) in [5, 5.41) is 10.8. The highest BCUT2D eigenvalue weighted by molar-refractivity contribution is 6.31. The van der Waals surface area contributed by atoms with E-state index in [1.807, 2.05) is 30.9 Å². The van der Waals surface area contributed by atoms with Gasteiger partial charge in [-0.05, 0) is 125 Å². The number of benzene rings is 2. The molecule has 4 aliphatic rings. The van der Waals surface area contributed by atoms with Gasteiger partial charge in [0.05, 0.1) is 43.2 Å². The summed E-state index contributed by atoms with van der Waals surface area (Å²) in [5.74, 6) is -1.50. The predicted octanol–water partition coefficient (Wildman–Crippen LogP) is 7.34. The molecule has 17 heteroatoms. The number of aryl methyl sites for hydroxylation is 4. The number of methoxy groups -OCH3 is 1. The summed E-state index contributed by atoms with van der Waals surface area (Å²) >= 11 is 12.3. The summed E-state index contributed by atoms with van der Waals surface area (Å²) in [6.45, 7) is 12.7. The number of aromatic carboxylic acids is 1. The van der Waals surface area contributed by atoms with Gasteiger partial charge >= 0.3 is 11.9 Å². The first-order valence-electron chi connectivity index (χ1n) is 23.9. The topological polar surface area (TPSA) is 171 Å². The lowest BCUT2D eigenvalue weighted by Gasteiger charge is -2.39. The van der Waals surface area contributed by atoms with Crippen LogP contribution in [0.4, 0.5) is 0 Å². The number of piperidine rings is 2. The van der Waals surface area contributed by atoms with Crippen molar-refractivity contribution in [3.8, 4) is 0 Å². The number of likely N-dealkylation sites (tertiary alicyclic amines) is 4. The van der Waals surface area contributed by atoms with Gasteiger partial charge < -0.3 is 19.6 Å². The van der Waals surface area contributed by atoms with Crippen molar-refractivity contribution in [1.29, 1.82) is 0 Å². The minimum Gasteiger partial charge on any atom is -0.478 e. The van der Waals surface area contributed by atoms with E-state index in [9.17, 15) is 33.9 Å². The number of rotatable bonds is 14. The summed E-state index contributed by atoms with van der Waals surface area (Å²) in [6.07, 6.45) is 5.30. The van der Waals surface area contributed by atoms with E-state index in [2.05, 4.69) is 44.0 Å². The summed E-state index contributed by atoms with van der Waals surface area (Å²) in [6, 6.07) is 17.6. The second-order valence-corrected chi connectivity index (χ2v) is 19.8. The summed E-state index contributed by atoms with van der Waals surface area (Å²) in [4.78, 5) is 92.4. The minimum absolute atomic E-state index is 0. The fourth-order valence-electron chi connectivity index (χ4n) is 10.4. The molecule has 1 N–H and O–H groups in total. The fourth-order valence-corrected chi connectivity index (χ4v) is 10.6. The van der Waals surface area contributed by atoms with Gasteiger partial charge in [-0.2, -0.15) is 0 Å². The minimum atomic E-state index is -1.04. The second-order valence-electron chi connectivity index (χ2n) is 19.0. The number of hydrogen-bond donors (Lipinski definition) is 1. The highest BCUT2D eigenvalue weighted by atomic mass is 35.5. The van der Waals surface area contributed by atoms with Gasteiger partial charge in [-0.15, -0.1) is 0 Å². The molecule has 4 saturated heterocycles. The number of ether oxygens (including phenoxy) is 1. The van der Waals surface area contributed by atoms with Crippen LogP contribution in [0, 0.1) is 27.7 Å². The van der Waals surface area contributed by atoms with Gasteiger partial charge in [0.1, 0.15) is 0 Å². The Balaban J connectivity index is 0.000000226. The van der Waals surface area contributed by atoms with Crippen molar-refractivity contribution in [3.05, 3.63) is 127 Å². The Morgan fingerprint density at radius 3 is 1.40 bits per heavy atom. The van der Waals surface area contributed by atoms with E-state index in [4.69, 9.17) is 27.9 Å². The summed E-state index contributed by atoms with van der Waals surface area (Å²) < 4.78 is 4.80. The molecule has 8 rings (SSSR count). The maximum Gasteiger partial charge on any atom is 0.337 e. The number of carboxylic acids is 1. The van der Waals surface area contributed by atoms with E-state index in [0.29, 0.717) is 54.0 Å². The average molecular weight is 993 g/mol. The Morgan fingerprint density at radius 2 is 1.01 bits per heavy atom. The third-order valence-corrected chi connectivity index (χ3v) is 14.7. The molecule has 0 saturated carbocycles. The lowest BCUT2D eigenvalue weighted by atomic mass is 9.98. The number of Topliss-reactive ketones (excluding diaryl/α,β-unsaturated/α-hetero) is 2. The molecule has 4 aromatic rings. The van der Waals surface area contributed by atoms with Crippen LogP contribution in [0.1, 0.15) is 117 Å². The molecule has 3 radical (unpaired) electrons. The molecule has 2 aromatic heterocycles. The van der Waals surface area contributed by atoms with E-state index in [0.717, 1.165) is 86.1 Å². The van der Waals surface area contributed by atoms with Crippen LogP contribution < -0.4 is 0 Å². The summed E-state index contributed by atoms with van der Waals surface area (Å²) in [5.41, 5.74) is 7.27. The Morgan fingerprint density at radius 1 is 0.614 bits per heavy atom. The number of carbonyl (C=O) groups excluding carboxylic acids is 5. The Hall–Kier alpha value is -5.48. The quantitative estimate of drug-likeness (QED) is 0.0987.